The first-order chi connectivity index (χ1) is 11.1. The van der Waals surface area contributed by atoms with Gasteiger partial charge in [0.05, 0.1) is 12.2 Å². The number of carboxylic acids is 1. The van der Waals surface area contributed by atoms with Gasteiger partial charge in [-0.1, -0.05) is 43.7 Å². The Morgan fingerprint density at radius 2 is 1.61 bits per heavy atom. The van der Waals surface area contributed by atoms with Crippen molar-refractivity contribution in [1.29, 1.82) is 0 Å². The van der Waals surface area contributed by atoms with Gasteiger partial charge in [-0.15, -0.1) is 0 Å². The van der Waals surface area contributed by atoms with Crippen molar-refractivity contribution in [3.05, 3.63) is 65.7 Å². The van der Waals surface area contributed by atoms with Gasteiger partial charge in [-0.2, -0.15) is 0 Å². The van der Waals surface area contributed by atoms with E-state index < -0.39 is 5.97 Å². The lowest BCUT2D eigenvalue weighted by molar-refractivity contribution is 0.0499. The van der Waals surface area contributed by atoms with Crippen LogP contribution in [-0.4, -0.2) is 28.8 Å². The van der Waals surface area contributed by atoms with Crippen molar-refractivity contribution < 1.29 is 24.5 Å². The molecule has 0 aromatic heterocycles. The minimum absolute atomic E-state index is 0.0671. The van der Waals surface area contributed by atoms with Gasteiger partial charge in [-0.05, 0) is 30.7 Å². The number of aromatic hydroxyl groups is 1. The zero-order valence-corrected chi connectivity index (χ0v) is 12.9. The second kappa shape index (κ2) is 10.00. The van der Waals surface area contributed by atoms with Crippen molar-refractivity contribution in [1.82, 2.24) is 0 Å². The summed E-state index contributed by atoms with van der Waals surface area (Å²) in [5, 5.41) is 17.3. The van der Waals surface area contributed by atoms with Crippen LogP contribution in [0, 0.1) is 0 Å². The van der Waals surface area contributed by atoms with Crippen molar-refractivity contribution >= 4 is 11.9 Å². The molecule has 5 heteroatoms. The highest BCUT2D eigenvalue weighted by atomic mass is 16.5. The number of rotatable bonds is 5. The molecular formula is C18H20O5. The molecule has 0 aliphatic heterocycles. The monoisotopic (exact) mass is 316 g/mol. The number of para-hydroxylation sites is 1. The Bertz CT molecular complexity index is 622. The number of hydrogen-bond donors (Lipinski definition) is 2. The Morgan fingerprint density at radius 1 is 1.00 bits per heavy atom. The fraction of sp³-hybridized carbons (Fsp3) is 0.222. The standard InChI is InChI=1S/C11H14O2.C7H6O3/c1-2-3-9-13-11(12)10-7-5-4-6-8-10;8-6-4-2-1-3-5(6)7(9)10/h4-8H,2-3,9H2,1H3;1-4,8H,(H,9,10). The summed E-state index contributed by atoms with van der Waals surface area (Å²) in [5.41, 5.74) is 0.557. The van der Waals surface area contributed by atoms with E-state index in [0.717, 1.165) is 12.8 Å². The zero-order valence-electron chi connectivity index (χ0n) is 12.9. The van der Waals surface area contributed by atoms with Gasteiger partial charge in [0.25, 0.3) is 0 Å². The van der Waals surface area contributed by atoms with Crippen molar-refractivity contribution in [2.75, 3.05) is 6.61 Å². The van der Waals surface area contributed by atoms with Crippen LogP contribution in [0.4, 0.5) is 0 Å². The van der Waals surface area contributed by atoms with Crippen LogP contribution in [0.25, 0.3) is 0 Å². The Kier molecular flexibility index (Phi) is 7.92. The predicted molar refractivity (Wildman–Crippen MR) is 86.7 cm³/mol. The Morgan fingerprint density at radius 3 is 2.13 bits per heavy atom. The highest BCUT2D eigenvalue weighted by Gasteiger charge is 2.05. The number of carboxylic acid groups (broad SMARTS) is 1. The molecule has 23 heavy (non-hydrogen) atoms. The average molecular weight is 316 g/mol. The summed E-state index contributed by atoms with van der Waals surface area (Å²) in [5.74, 6) is -1.54. The van der Waals surface area contributed by atoms with E-state index in [1.807, 2.05) is 18.2 Å². The highest BCUT2D eigenvalue weighted by molar-refractivity contribution is 5.90. The number of benzene rings is 2. The molecule has 2 aromatic rings. The van der Waals surface area contributed by atoms with Gasteiger partial charge in [-0.3, -0.25) is 0 Å². The smallest absolute Gasteiger partial charge is 0.339 e. The molecule has 2 aromatic carbocycles. The van der Waals surface area contributed by atoms with E-state index in [-0.39, 0.29) is 17.3 Å². The summed E-state index contributed by atoms with van der Waals surface area (Å²) in [6, 6.07) is 14.9. The molecule has 2 N–H and O–H groups in total. The quantitative estimate of drug-likeness (QED) is 0.648. The summed E-state index contributed by atoms with van der Waals surface area (Å²) in [7, 11) is 0. The van der Waals surface area contributed by atoms with E-state index in [0.29, 0.717) is 12.2 Å². The zero-order chi connectivity index (χ0) is 17.1. The summed E-state index contributed by atoms with van der Waals surface area (Å²) >= 11 is 0. The summed E-state index contributed by atoms with van der Waals surface area (Å²) in [6.07, 6.45) is 1.97. The summed E-state index contributed by atoms with van der Waals surface area (Å²) < 4.78 is 5.03. The first-order valence-electron chi connectivity index (χ1n) is 7.29. The van der Waals surface area contributed by atoms with E-state index >= 15 is 0 Å². The van der Waals surface area contributed by atoms with Gasteiger partial charge >= 0.3 is 11.9 Å². The van der Waals surface area contributed by atoms with Crippen LogP contribution >= 0.6 is 0 Å². The first-order valence-corrected chi connectivity index (χ1v) is 7.29. The fourth-order valence-corrected chi connectivity index (χ4v) is 1.62. The lowest BCUT2D eigenvalue weighted by Crippen LogP contribution is -2.05. The van der Waals surface area contributed by atoms with E-state index in [1.165, 1.54) is 12.1 Å². The predicted octanol–water partition coefficient (Wildman–Crippen LogP) is 3.73. The number of aromatic carboxylic acids is 1. The number of carbonyl (C=O) groups excluding carboxylic acids is 1. The molecule has 0 aliphatic carbocycles. The molecule has 0 radical (unpaired) electrons. The molecule has 0 saturated heterocycles. The minimum atomic E-state index is -1.11. The van der Waals surface area contributed by atoms with Crippen LogP contribution in [0.15, 0.2) is 54.6 Å². The molecule has 0 atom stereocenters. The van der Waals surface area contributed by atoms with Gasteiger partial charge < -0.3 is 14.9 Å². The molecule has 2 rings (SSSR count). The summed E-state index contributed by atoms with van der Waals surface area (Å²) in [6.45, 7) is 2.58. The minimum Gasteiger partial charge on any atom is -0.507 e. The van der Waals surface area contributed by atoms with Crippen molar-refractivity contribution in [2.45, 2.75) is 19.8 Å². The Labute approximate surface area is 135 Å². The van der Waals surface area contributed by atoms with Crippen LogP contribution < -0.4 is 0 Å². The lowest BCUT2D eigenvalue weighted by atomic mass is 10.2. The Hall–Kier alpha value is -2.82. The molecule has 122 valence electrons. The van der Waals surface area contributed by atoms with E-state index in [1.54, 1.807) is 24.3 Å². The number of esters is 1. The average Bonchev–Trinajstić information content (AvgIpc) is 2.56. The largest absolute Gasteiger partial charge is 0.507 e. The van der Waals surface area contributed by atoms with Crippen molar-refractivity contribution in [3.63, 3.8) is 0 Å². The molecule has 0 bridgehead atoms. The van der Waals surface area contributed by atoms with Crippen LogP contribution in [-0.2, 0) is 4.74 Å². The molecule has 5 nitrogen and oxygen atoms in total. The van der Waals surface area contributed by atoms with Gasteiger partial charge in [0.15, 0.2) is 0 Å². The second-order valence-corrected chi connectivity index (χ2v) is 4.68. The number of unbranched alkanes of at least 4 members (excludes halogenated alkanes) is 1. The molecule has 0 amide bonds. The molecule has 0 spiro atoms. The topological polar surface area (TPSA) is 83.8 Å². The normalized spacial score (nSPS) is 9.43. The lowest BCUT2D eigenvalue weighted by Gasteiger charge is -2.02. The van der Waals surface area contributed by atoms with Gasteiger partial charge in [0, 0.05) is 0 Å². The number of ether oxygens (including phenoxy) is 1. The van der Waals surface area contributed by atoms with Crippen molar-refractivity contribution in [2.24, 2.45) is 0 Å². The molecule has 0 unspecified atom stereocenters. The number of hydrogen-bond acceptors (Lipinski definition) is 4. The number of phenols is 1. The maximum atomic E-state index is 11.3. The highest BCUT2D eigenvalue weighted by Crippen LogP contribution is 2.14. The SMILES string of the molecule is CCCCOC(=O)c1ccccc1.O=C(O)c1ccccc1O. The third-order valence-electron chi connectivity index (χ3n) is 2.87. The van der Waals surface area contributed by atoms with E-state index in [2.05, 4.69) is 6.92 Å². The molecule has 0 saturated carbocycles. The van der Waals surface area contributed by atoms with Crippen LogP contribution in [0.1, 0.15) is 40.5 Å². The van der Waals surface area contributed by atoms with Crippen LogP contribution in [0.5, 0.6) is 5.75 Å². The van der Waals surface area contributed by atoms with Crippen LogP contribution in [0.3, 0.4) is 0 Å². The third kappa shape index (κ3) is 6.65. The molecule has 0 fully saturated rings. The molecule has 0 aliphatic rings. The van der Waals surface area contributed by atoms with Gasteiger partial charge in [-0.25, -0.2) is 9.59 Å². The van der Waals surface area contributed by atoms with Gasteiger partial charge in [0.1, 0.15) is 11.3 Å². The first kappa shape index (κ1) is 18.2. The third-order valence-corrected chi connectivity index (χ3v) is 2.87. The molecular weight excluding hydrogens is 296 g/mol. The Balaban J connectivity index is 0.000000238. The summed E-state index contributed by atoms with van der Waals surface area (Å²) in [4.78, 5) is 21.6. The van der Waals surface area contributed by atoms with Crippen LogP contribution in [0.2, 0.25) is 0 Å². The molecule has 0 heterocycles. The maximum absolute atomic E-state index is 11.3. The van der Waals surface area contributed by atoms with Gasteiger partial charge in [0.2, 0.25) is 0 Å². The second-order valence-electron chi connectivity index (χ2n) is 4.68. The van der Waals surface area contributed by atoms with Crippen molar-refractivity contribution in [3.8, 4) is 5.75 Å². The fourth-order valence-electron chi connectivity index (χ4n) is 1.62. The van der Waals surface area contributed by atoms with E-state index in [4.69, 9.17) is 14.9 Å². The maximum Gasteiger partial charge on any atom is 0.339 e. The van der Waals surface area contributed by atoms with E-state index in [9.17, 15) is 9.59 Å². The number of carbonyl (C=O) groups is 2.